The maximum absolute atomic E-state index is 12.8. The summed E-state index contributed by atoms with van der Waals surface area (Å²) in [5.74, 6) is 1.02. The van der Waals surface area contributed by atoms with Gasteiger partial charge in [0.05, 0.1) is 6.26 Å². The molecule has 2 amide bonds. The van der Waals surface area contributed by atoms with Crippen LogP contribution in [0.15, 0.2) is 77.4 Å². The minimum atomic E-state index is -0.319. The molecule has 8 nitrogen and oxygen atoms in total. The molecule has 1 aliphatic rings. The Labute approximate surface area is 203 Å². The number of anilines is 1. The highest BCUT2D eigenvalue weighted by Crippen LogP contribution is 2.24. The van der Waals surface area contributed by atoms with Crippen molar-refractivity contribution in [3.8, 4) is 22.8 Å². The number of nitrogens with zero attached hydrogens (tertiary/aromatic N) is 3. The SMILES string of the molecule is O=C(Cn1nc(-c2ccc(NC(=O)c3ccco3)cc2)nc1-c1ccccc1)NC1CCCCC1. The molecule has 0 saturated heterocycles. The molecule has 0 bridgehead atoms. The second-order valence-electron chi connectivity index (χ2n) is 8.69. The first kappa shape index (κ1) is 22.6. The molecule has 4 aromatic rings. The molecule has 0 aliphatic heterocycles. The Hall–Kier alpha value is -4.20. The van der Waals surface area contributed by atoms with Crippen molar-refractivity contribution in [3.05, 3.63) is 78.8 Å². The normalized spacial score (nSPS) is 13.9. The number of nitrogens with one attached hydrogen (secondary N) is 2. The minimum absolute atomic E-state index is 0.0542. The second-order valence-corrected chi connectivity index (χ2v) is 8.69. The van der Waals surface area contributed by atoms with Gasteiger partial charge in [0.1, 0.15) is 6.54 Å². The van der Waals surface area contributed by atoms with Crippen molar-refractivity contribution < 1.29 is 14.0 Å². The van der Waals surface area contributed by atoms with Crippen molar-refractivity contribution in [1.82, 2.24) is 20.1 Å². The van der Waals surface area contributed by atoms with Crippen molar-refractivity contribution >= 4 is 17.5 Å². The van der Waals surface area contributed by atoms with Crippen molar-refractivity contribution in [2.24, 2.45) is 0 Å². The highest BCUT2D eigenvalue weighted by Gasteiger charge is 2.19. The summed E-state index contributed by atoms with van der Waals surface area (Å²) in [6.45, 7) is 0.102. The molecule has 1 saturated carbocycles. The third-order valence-electron chi connectivity index (χ3n) is 6.11. The van der Waals surface area contributed by atoms with E-state index in [-0.39, 0.29) is 30.2 Å². The summed E-state index contributed by atoms with van der Waals surface area (Å²) in [4.78, 5) is 29.8. The topological polar surface area (TPSA) is 102 Å². The van der Waals surface area contributed by atoms with E-state index in [1.165, 1.54) is 12.7 Å². The fourth-order valence-electron chi connectivity index (χ4n) is 4.33. The highest BCUT2D eigenvalue weighted by atomic mass is 16.3. The standard InChI is InChI=1S/C27H27N5O3/c33-24(28-21-10-5-2-6-11-21)18-32-26(20-8-3-1-4-9-20)30-25(31-32)19-13-15-22(16-14-19)29-27(34)23-12-7-17-35-23/h1,3-4,7-9,12-17,21H,2,5-6,10-11,18H2,(H,28,33)(H,29,34). The van der Waals surface area contributed by atoms with Gasteiger partial charge in [0.15, 0.2) is 17.4 Å². The predicted octanol–water partition coefficient (Wildman–Crippen LogP) is 4.91. The molecule has 1 aliphatic carbocycles. The molecule has 1 fully saturated rings. The average Bonchev–Trinajstić information content (AvgIpc) is 3.57. The lowest BCUT2D eigenvalue weighted by atomic mass is 9.95. The van der Waals surface area contributed by atoms with E-state index in [0.717, 1.165) is 36.8 Å². The van der Waals surface area contributed by atoms with Crippen LogP contribution < -0.4 is 10.6 Å². The molecule has 8 heteroatoms. The van der Waals surface area contributed by atoms with Gasteiger partial charge in [-0.1, -0.05) is 49.6 Å². The summed E-state index contributed by atoms with van der Waals surface area (Å²) in [5, 5.41) is 10.6. The van der Waals surface area contributed by atoms with E-state index in [1.807, 2.05) is 42.5 Å². The maximum Gasteiger partial charge on any atom is 0.291 e. The van der Waals surface area contributed by atoms with Gasteiger partial charge < -0.3 is 15.1 Å². The Bertz CT molecular complexity index is 1270. The maximum atomic E-state index is 12.8. The van der Waals surface area contributed by atoms with Crippen LogP contribution in [-0.2, 0) is 11.3 Å². The average molecular weight is 470 g/mol. The number of hydrogen-bond acceptors (Lipinski definition) is 5. The number of aromatic nitrogens is 3. The van der Waals surface area contributed by atoms with E-state index in [2.05, 4.69) is 15.7 Å². The van der Waals surface area contributed by atoms with E-state index in [9.17, 15) is 9.59 Å². The van der Waals surface area contributed by atoms with E-state index in [0.29, 0.717) is 17.3 Å². The van der Waals surface area contributed by atoms with Gasteiger partial charge in [-0.15, -0.1) is 5.10 Å². The first-order valence-electron chi connectivity index (χ1n) is 11.9. The van der Waals surface area contributed by atoms with Gasteiger partial charge in [-0.25, -0.2) is 9.67 Å². The number of carbonyl (C=O) groups excluding carboxylic acids is 2. The molecule has 2 N–H and O–H groups in total. The van der Waals surface area contributed by atoms with Gasteiger partial charge in [-0.05, 0) is 49.2 Å². The third-order valence-corrected chi connectivity index (χ3v) is 6.11. The Kier molecular flexibility index (Phi) is 6.70. The van der Waals surface area contributed by atoms with E-state index in [1.54, 1.807) is 28.9 Å². The predicted molar refractivity (Wildman–Crippen MR) is 133 cm³/mol. The van der Waals surface area contributed by atoms with Crippen LogP contribution in [0.3, 0.4) is 0 Å². The molecular weight excluding hydrogens is 442 g/mol. The van der Waals surface area contributed by atoms with E-state index < -0.39 is 0 Å². The van der Waals surface area contributed by atoms with Crippen LogP contribution in [0.2, 0.25) is 0 Å². The Morgan fingerprint density at radius 1 is 0.914 bits per heavy atom. The molecule has 35 heavy (non-hydrogen) atoms. The summed E-state index contributed by atoms with van der Waals surface area (Å²) in [6.07, 6.45) is 7.07. The number of hydrogen-bond donors (Lipinski definition) is 2. The van der Waals surface area contributed by atoms with Crippen LogP contribution in [0.4, 0.5) is 5.69 Å². The molecule has 2 heterocycles. The molecule has 0 spiro atoms. The van der Waals surface area contributed by atoms with Gasteiger partial charge in [-0.3, -0.25) is 9.59 Å². The van der Waals surface area contributed by atoms with Gasteiger partial charge in [0.25, 0.3) is 5.91 Å². The van der Waals surface area contributed by atoms with Crippen molar-refractivity contribution in [2.75, 3.05) is 5.32 Å². The van der Waals surface area contributed by atoms with E-state index in [4.69, 9.17) is 9.40 Å². The zero-order valence-corrected chi connectivity index (χ0v) is 19.3. The monoisotopic (exact) mass is 469 g/mol. The molecule has 0 unspecified atom stereocenters. The van der Waals surface area contributed by atoms with Crippen molar-refractivity contribution in [1.29, 1.82) is 0 Å². The van der Waals surface area contributed by atoms with Crippen molar-refractivity contribution in [2.45, 2.75) is 44.7 Å². The molecule has 5 rings (SSSR count). The number of furan rings is 1. The van der Waals surface area contributed by atoms with Crippen LogP contribution in [0, 0.1) is 0 Å². The summed E-state index contributed by atoms with van der Waals surface area (Å²) in [5.41, 5.74) is 2.30. The molecule has 2 aromatic carbocycles. The Morgan fingerprint density at radius 3 is 2.40 bits per heavy atom. The van der Waals surface area contributed by atoms with Gasteiger partial charge in [-0.2, -0.15) is 0 Å². The molecule has 2 aromatic heterocycles. The van der Waals surface area contributed by atoms with Crippen LogP contribution in [-0.4, -0.2) is 32.6 Å². The summed E-state index contributed by atoms with van der Waals surface area (Å²) >= 11 is 0. The van der Waals surface area contributed by atoms with Gasteiger partial charge in [0.2, 0.25) is 5.91 Å². The smallest absolute Gasteiger partial charge is 0.291 e. The third kappa shape index (κ3) is 5.48. The summed E-state index contributed by atoms with van der Waals surface area (Å²) in [6, 6.07) is 20.5. The highest BCUT2D eigenvalue weighted by molar-refractivity contribution is 6.02. The molecule has 0 radical (unpaired) electrons. The van der Waals surface area contributed by atoms with Crippen LogP contribution >= 0.6 is 0 Å². The fraction of sp³-hybridized carbons (Fsp3) is 0.259. The van der Waals surface area contributed by atoms with Gasteiger partial charge in [0, 0.05) is 22.9 Å². The largest absolute Gasteiger partial charge is 0.459 e. The lowest BCUT2D eigenvalue weighted by Crippen LogP contribution is -2.38. The first-order valence-corrected chi connectivity index (χ1v) is 11.9. The molecule has 0 atom stereocenters. The summed E-state index contributed by atoms with van der Waals surface area (Å²) in [7, 11) is 0. The number of carbonyl (C=O) groups is 2. The lowest BCUT2D eigenvalue weighted by molar-refractivity contribution is -0.122. The fourth-order valence-corrected chi connectivity index (χ4v) is 4.33. The molecule has 178 valence electrons. The Balaban J connectivity index is 1.35. The van der Waals surface area contributed by atoms with Crippen molar-refractivity contribution in [3.63, 3.8) is 0 Å². The van der Waals surface area contributed by atoms with Crippen LogP contribution in [0.25, 0.3) is 22.8 Å². The van der Waals surface area contributed by atoms with Crippen LogP contribution in [0.5, 0.6) is 0 Å². The van der Waals surface area contributed by atoms with Gasteiger partial charge >= 0.3 is 0 Å². The minimum Gasteiger partial charge on any atom is -0.459 e. The zero-order chi connectivity index (χ0) is 24.0. The van der Waals surface area contributed by atoms with Crippen LogP contribution in [0.1, 0.15) is 42.7 Å². The Morgan fingerprint density at radius 2 is 1.69 bits per heavy atom. The molecular formula is C27H27N5O3. The number of benzene rings is 2. The summed E-state index contributed by atoms with van der Waals surface area (Å²) < 4.78 is 6.79. The van der Waals surface area contributed by atoms with E-state index >= 15 is 0 Å². The second kappa shape index (κ2) is 10.4. The number of amides is 2. The zero-order valence-electron chi connectivity index (χ0n) is 19.3. The number of rotatable bonds is 7. The quantitative estimate of drug-likeness (QED) is 0.401. The lowest BCUT2D eigenvalue weighted by Gasteiger charge is -2.22. The first-order chi connectivity index (χ1) is 17.2.